The molecule has 1 atom stereocenters. The lowest BCUT2D eigenvalue weighted by atomic mass is 9.74. The molecule has 0 radical (unpaired) electrons. The summed E-state index contributed by atoms with van der Waals surface area (Å²) >= 11 is 0. The van der Waals surface area contributed by atoms with Crippen molar-refractivity contribution in [2.45, 2.75) is 37.3 Å². The Balaban J connectivity index is 1.47. The zero-order valence-electron chi connectivity index (χ0n) is 13.7. The molecule has 0 saturated carbocycles. The Labute approximate surface area is 142 Å². The quantitative estimate of drug-likeness (QED) is 0.940. The zero-order chi connectivity index (χ0) is 16.4. The van der Waals surface area contributed by atoms with Gasteiger partial charge in [0.25, 0.3) is 0 Å². The maximum atomic E-state index is 12.1. The standard InChI is InChI=1S/C19H22N4O/c24-18-11-17(16-4-2-8-21-13-16)19(22-18)5-9-23(10-6-19)14-15-3-1-7-20-12-15/h1-4,7-8,12-13,17H,5-6,9-11,14H2,(H,22,24)/t17-/m1/s1. The van der Waals surface area contributed by atoms with E-state index in [9.17, 15) is 4.79 Å². The first-order valence-electron chi connectivity index (χ1n) is 8.57. The molecule has 0 bridgehead atoms. The first-order chi connectivity index (χ1) is 11.8. The van der Waals surface area contributed by atoms with E-state index >= 15 is 0 Å². The number of piperidine rings is 1. The van der Waals surface area contributed by atoms with Crippen LogP contribution in [0.3, 0.4) is 0 Å². The van der Waals surface area contributed by atoms with Crippen LogP contribution in [0.15, 0.2) is 49.1 Å². The van der Waals surface area contributed by atoms with Crippen LogP contribution in [-0.4, -0.2) is 39.4 Å². The summed E-state index contributed by atoms with van der Waals surface area (Å²) in [5.74, 6) is 0.406. The summed E-state index contributed by atoms with van der Waals surface area (Å²) in [7, 11) is 0. The van der Waals surface area contributed by atoms with Gasteiger partial charge in [0, 0.05) is 62.3 Å². The molecule has 1 spiro atoms. The van der Waals surface area contributed by atoms with Crippen molar-refractivity contribution >= 4 is 5.91 Å². The number of hydrogen-bond donors (Lipinski definition) is 1. The largest absolute Gasteiger partial charge is 0.350 e. The van der Waals surface area contributed by atoms with Crippen molar-refractivity contribution in [1.82, 2.24) is 20.2 Å². The van der Waals surface area contributed by atoms with Crippen LogP contribution in [0.5, 0.6) is 0 Å². The fourth-order valence-corrected chi connectivity index (χ4v) is 4.15. The SMILES string of the molecule is O=C1C[C@H](c2cccnc2)C2(CCN(Cc3cccnc3)CC2)N1. The third-order valence-electron chi connectivity index (χ3n) is 5.41. The van der Waals surface area contributed by atoms with E-state index < -0.39 is 0 Å². The minimum Gasteiger partial charge on any atom is -0.350 e. The van der Waals surface area contributed by atoms with E-state index in [0.29, 0.717) is 6.42 Å². The molecule has 0 unspecified atom stereocenters. The third kappa shape index (κ3) is 2.91. The van der Waals surface area contributed by atoms with Crippen molar-refractivity contribution in [1.29, 1.82) is 0 Å². The number of aromatic nitrogens is 2. The van der Waals surface area contributed by atoms with Gasteiger partial charge in [-0.15, -0.1) is 0 Å². The molecule has 5 heteroatoms. The van der Waals surface area contributed by atoms with Gasteiger partial charge in [-0.2, -0.15) is 0 Å². The molecule has 124 valence electrons. The van der Waals surface area contributed by atoms with Crippen molar-refractivity contribution in [3.63, 3.8) is 0 Å². The minimum absolute atomic E-state index is 0.106. The lowest BCUT2D eigenvalue weighted by molar-refractivity contribution is -0.120. The normalized spacial score (nSPS) is 23.3. The molecular formula is C19H22N4O. The Morgan fingerprint density at radius 3 is 2.54 bits per heavy atom. The minimum atomic E-state index is -0.106. The van der Waals surface area contributed by atoms with Crippen LogP contribution in [0, 0.1) is 0 Å². The molecule has 1 amide bonds. The Kier molecular flexibility index (Phi) is 4.02. The molecule has 2 aliphatic rings. The predicted octanol–water partition coefficient (Wildman–Crippen LogP) is 2.11. The summed E-state index contributed by atoms with van der Waals surface area (Å²) in [6.07, 6.45) is 9.98. The number of amides is 1. The van der Waals surface area contributed by atoms with Crippen LogP contribution in [0.25, 0.3) is 0 Å². The second-order valence-electron chi connectivity index (χ2n) is 6.88. The molecule has 0 aliphatic carbocycles. The van der Waals surface area contributed by atoms with Crippen molar-refractivity contribution < 1.29 is 4.79 Å². The number of likely N-dealkylation sites (tertiary alicyclic amines) is 1. The number of carbonyl (C=O) groups excluding carboxylic acids is 1. The molecule has 24 heavy (non-hydrogen) atoms. The van der Waals surface area contributed by atoms with Gasteiger partial charge in [0.05, 0.1) is 0 Å². The molecule has 2 aromatic rings. The van der Waals surface area contributed by atoms with Gasteiger partial charge in [0.1, 0.15) is 0 Å². The van der Waals surface area contributed by atoms with Gasteiger partial charge in [-0.1, -0.05) is 12.1 Å². The lowest BCUT2D eigenvalue weighted by Crippen LogP contribution is -2.53. The second kappa shape index (κ2) is 6.32. The summed E-state index contributed by atoms with van der Waals surface area (Å²) in [4.78, 5) is 23.0. The number of carbonyl (C=O) groups is 1. The monoisotopic (exact) mass is 322 g/mol. The van der Waals surface area contributed by atoms with E-state index in [0.717, 1.165) is 32.5 Å². The lowest BCUT2D eigenvalue weighted by Gasteiger charge is -2.43. The van der Waals surface area contributed by atoms with E-state index in [2.05, 4.69) is 32.3 Å². The maximum absolute atomic E-state index is 12.1. The van der Waals surface area contributed by atoms with E-state index in [-0.39, 0.29) is 17.4 Å². The Morgan fingerprint density at radius 1 is 1.12 bits per heavy atom. The van der Waals surface area contributed by atoms with Gasteiger partial charge in [-0.25, -0.2) is 0 Å². The van der Waals surface area contributed by atoms with Crippen LogP contribution in [0.2, 0.25) is 0 Å². The highest BCUT2D eigenvalue weighted by molar-refractivity contribution is 5.81. The van der Waals surface area contributed by atoms with Crippen molar-refractivity contribution in [3.05, 3.63) is 60.2 Å². The van der Waals surface area contributed by atoms with Crippen LogP contribution in [0.1, 0.15) is 36.3 Å². The zero-order valence-corrected chi connectivity index (χ0v) is 13.7. The van der Waals surface area contributed by atoms with Gasteiger partial charge < -0.3 is 5.32 Å². The molecule has 2 aliphatic heterocycles. The van der Waals surface area contributed by atoms with Gasteiger partial charge in [-0.05, 0) is 36.1 Å². The highest BCUT2D eigenvalue weighted by atomic mass is 16.2. The molecule has 4 heterocycles. The summed E-state index contributed by atoms with van der Waals surface area (Å²) in [5, 5.41) is 3.30. The number of nitrogens with one attached hydrogen (secondary N) is 1. The van der Waals surface area contributed by atoms with Crippen molar-refractivity contribution in [2.24, 2.45) is 0 Å². The highest BCUT2D eigenvalue weighted by Crippen LogP contribution is 2.43. The predicted molar refractivity (Wildman–Crippen MR) is 91.2 cm³/mol. The van der Waals surface area contributed by atoms with E-state index in [4.69, 9.17) is 0 Å². The first-order valence-corrected chi connectivity index (χ1v) is 8.57. The van der Waals surface area contributed by atoms with Gasteiger partial charge in [0.15, 0.2) is 0 Å². The fraction of sp³-hybridized carbons (Fsp3) is 0.421. The number of hydrogen-bond acceptors (Lipinski definition) is 4. The van der Waals surface area contributed by atoms with E-state index in [1.54, 1.807) is 12.4 Å². The summed E-state index contributed by atoms with van der Waals surface area (Å²) in [5.41, 5.74) is 2.32. The summed E-state index contributed by atoms with van der Waals surface area (Å²) in [6, 6.07) is 8.16. The van der Waals surface area contributed by atoms with E-state index in [1.807, 2.05) is 24.5 Å². The van der Waals surface area contributed by atoms with Crippen LogP contribution >= 0.6 is 0 Å². The Hall–Kier alpha value is -2.27. The van der Waals surface area contributed by atoms with Gasteiger partial charge >= 0.3 is 0 Å². The van der Waals surface area contributed by atoms with Crippen LogP contribution < -0.4 is 5.32 Å². The van der Waals surface area contributed by atoms with E-state index in [1.165, 1.54) is 11.1 Å². The topological polar surface area (TPSA) is 58.1 Å². The molecule has 5 nitrogen and oxygen atoms in total. The highest BCUT2D eigenvalue weighted by Gasteiger charge is 2.48. The number of rotatable bonds is 3. The first kappa shape index (κ1) is 15.3. The third-order valence-corrected chi connectivity index (χ3v) is 5.41. The molecule has 2 saturated heterocycles. The van der Waals surface area contributed by atoms with Crippen molar-refractivity contribution in [2.75, 3.05) is 13.1 Å². The Bertz CT molecular complexity index is 696. The molecule has 2 aromatic heterocycles. The molecular weight excluding hydrogens is 300 g/mol. The second-order valence-corrected chi connectivity index (χ2v) is 6.88. The van der Waals surface area contributed by atoms with Crippen LogP contribution in [0.4, 0.5) is 0 Å². The maximum Gasteiger partial charge on any atom is 0.221 e. The average molecular weight is 322 g/mol. The average Bonchev–Trinajstić information content (AvgIpc) is 2.95. The van der Waals surface area contributed by atoms with Crippen molar-refractivity contribution in [3.8, 4) is 0 Å². The number of nitrogens with zero attached hydrogens (tertiary/aromatic N) is 3. The summed E-state index contributed by atoms with van der Waals surface area (Å²) < 4.78 is 0. The molecule has 2 fully saturated rings. The smallest absolute Gasteiger partial charge is 0.221 e. The summed E-state index contributed by atoms with van der Waals surface area (Å²) in [6.45, 7) is 2.91. The van der Waals surface area contributed by atoms with Crippen LogP contribution in [-0.2, 0) is 11.3 Å². The van der Waals surface area contributed by atoms with Gasteiger partial charge in [0.2, 0.25) is 5.91 Å². The van der Waals surface area contributed by atoms with Gasteiger partial charge in [-0.3, -0.25) is 19.7 Å². The molecule has 0 aromatic carbocycles. The fourth-order valence-electron chi connectivity index (χ4n) is 4.15. The molecule has 1 N–H and O–H groups in total. The molecule has 4 rings (SSSR count). The number of pyridine rings is 2. The Morgan fingerprint density at radius 2 is 1.88 bits per heavy atom.